The number of nitrogens with zero attached hydrogens (tertiary/aromatic N) is 1. The largest absolute Gasteiger partial charge is 0.378 e. The molecule has 0 radical (unpaired) electrons. The van der Waals surface area contributed by atoms with Gasteiger partial charge in [-0.2, -0.15) is 0 Å². The molecule has 3 amide bonds. The Morgan fingerprint density at radius 2 is 1.68 bits per heavy atom. The minimum absolute atomic E-state index is 0.119. The molecule has 0 saturated carbocycles. The van der Waals surface area contributed by atoms with E-state index in [4.69, 9.17) is 16.3 Å². The molecule has 0 spiro atoms. The Hall–Kier alpha value is -3.44. The van der Waals surface area contributed by atoms with E-state index in [1.165, 1.54) is 29.8 Å². The van der Waals surface area contributed by atoms with E-state index >= 15 is 0 Å². The highest BCUT2D eigenvalue weighted by Crippen LogP contribution is 2.25. The number of hydrogen-bond acceptors (Lipinski definition) is 7. The fourth-order valence-electron chi connectivity index (χ4n) is 4.52. The van der Waals surface area contributed by atoms with E-state index in [0.29, 0.717) is 32.0 Å². The molecule has 2 aliphatic rings. The Labute approximate surface area is 226 Å². The molecule has 198 valence electrons. The molecule has 0 unspecified atom stereocenters. The van der Waals surface area contributed by atoms with Gasteiger partial charge in [-0.25, -0.2) is 13.2 Å². The third-order valence-corrected chi connectivity index (χ3v) is 8.56. The van der Waals surface area contributed by atoms with E-state index in [2.05, 4.69) is 20.9 Å². The standard InChI is InChI=1S/C27H27ClN4O5S/c28-25-8-5-22(32-9-11-37-12-10-32)14-24(25)26(33)31-27(34)30-21-3-6-23(7-4-21)38(35,36)17-18-1-2-19-15-29-16-20(19)13-18/h1-8,13-14,29H,9-12,15-17H2,(H2,30,31,33,34). The van der Waals surface area contributed by atoms with Crippen molar-refractivity contribution in [3.8, 4) is 0 Å². The van der Waals surface area contributed by atoms with Gasteiger partial charge < -0.3 is 20.3 Å². The maximum Gasteiger partial charge on any atom is 0.326 e. The van der Waals surface area contributed by atoms with Gasteiger partial charge in [-0.1, -0.05) is 29.8 Å². The summed E-state index contributed by atoms with van der Waals surface area (Å²) in [5.41, 5.74) is 4.36. The highest BCUT2D eigenvalue weighted by molar-refractivity contribution is 7.90. The van der Waals surface area contributed by atoms with E-state index in [9.17, 15) is 18.0 Å². The molecule has 1 fully saturated rings. The molecule has 11 heteroatoms. The fraction of sp³-hybridized carbons (Fsp3) is 0.259. The van der Waals surface area contributed by atoms with E-state index in [-0.39, 0.29) is 21.2 Å². The second-order valence-electron chi connectivity index (χ2n) is 9.16. The van der Waals surface area contributed by atoms with Crippen molar-refractivity contribution in [3.63, 3.8) is 0 Å². The molecule has 9 nitrogen and oxygen atoms in total. The number of anilines is 2. The quantitative estimate of drug-likeness (QED) is 0.425. The van der Waals surface area contributed by atoms with Gasteiger partial charge in [0.1, 0.15) is 0 Å². The Balaban J connectivity index is 1.20. The van der Waals surface area contributed by atoms with E-state index in [1.807, 2.05) is 24.3 Å². The van der Waals surface area contributed by atoms with Crippen LogP contribution in [-0.4, -0.2) is 46.7 Å². The highest BCUT2D eigenvalue weighted by Gasteiger charge is 2.20. The molecule has 0 aromatic heterocycles. The molecule has 0 bridgehead atoms. The van der Waals surface area contributed by atoms with Crippen LogP contribution in [0.25, 0.3) is 0 Å². The van der Waals surface area contributed by atoms with Gasteiger partial charge in [-0.15, -0.1) is 0 Å². The molecule has 0 atom stereocenters. The summed E-state index contributed by atoms with van der Waals surface area (Å²) in [6, 6.07) is 15.9. The number of carbonyl (C=O) groups is 2. The van der Waals surface area contributed by atoms with Gasteiger partial charge in [0.05, 0.1) is 34.4 Å². The lowest BCUT2D eigenvalue weighted by Crippen LogP contribution is -2.37. The number of urea groups is 1. The number of rotatable bonds is 6. The van der Waals surface area contributed by atoms with Crippen LogP contribution in [0.1, 0.15) is 27.0 Å². The van der Waals surface area contributed by atoms with Gasteiger partial charge in [0, 0.05) is 37.6 Å². The number of hydrogen-bond donors (Lipinski definition) is 3. The summed E-state index contributed by atoms with van der Waals surface area (Å²) >= 11 is 6.22. The Bertz CT molecular complexity index is 1470. The van der Waals surface area contributed by atoms with Crippen LogP contribution < -0.4 is 20.9 Å². The summed E-state index contributed by atoms with van der Waals surface area (Å²) in [6.45, 7) is 4.11. The molecular weight excluding hydrogens is 528 g/mol. The average molecular weight is 555 g/mol. The van der Waals surface area contributed by atoms with Crippen molar-refractivity contribution in [2.45, 2.75) is 23.7 Å². The summed E-state index contributed by atoms with van der Waals surface area (Å²) in [5.74, 6) is -0.766. The maximum absolute atomic E-state index is 12.9. The van der Waals surface area contributed by atoms with Gasteiger partial charge in [0.15, 0.2) is 9.84 Å². The van der Waals surface area contributed by atoms with E-state index in [1.54, 1.807) is 12.1 Å². The van der Waals surface area contributed by atoms with Crippen LogP contribution in [0.3, 0.4) is 0 Å². The second kappa shape index (κ2) is 11.1. The summed E-state index contributed by atoms with van der Waals surface area (Å²) in [4.78, 5) is 27.4. The van der Waals surface area contributed by atoms with Crippen LogP contribution in [0, 0.1) is 0 Å². The molecule has 1 saturated heterocycles. The first-order valence-corrected chi connectivity index (χ1v) is 14.2. The number of halogens is 1. The molecule has 0 aliphatic carbocycles. The van der Waals surface area contributed by atoms with Crippen molar-refractivity contribution in [1.82, 2.24) is 10.6 Å². The lowest BCUT2D eigenvalue weighted by Gasteiger charge is -2.29. The lowest BCUT2D eigenvalue weighted by molar-refractivity contribution is 0.0967. The number of fused-ring (bicyclic) bond motifs is 1. The smallest absolute Gasteiger partial charge is 0.326 e. The number of benzene rings is 3. The van der Waals surface area contributed by atoms with Crippen LogP contribution in [-0.2, 0) is 33.4 Å². The zero-order valence-corrected chi connectivity index (χ0v) is 22.1. The molecule has 3 N–H and O–H groups in total. The lowest BCUT2D eigenvalue weighted by atomic mass is 10.1. The summed E-state index contributed by atoms with van der Waals surface area (Å²) in [6.07, 6.45) is 0. The number of carbonyl (C=O) groups excluding carboxylic acids is 2. The monoisotopic (exact) mass is 554 g/mol. The number of amides is 3. The summed E-state index contributed by atoms with van der Waals surface area (Å²) in [5, 5.41) is 8.30. The van der Waals surface area contributed by atoms with Gasteiger partial charge in [-0.05, 0) is 59.2 Å². The van der Waals surface area contributed by atoms with Crippen molar-refractivity contribution in [3.05, 3.63) is 87.9 Å². The number of sulfone groups is 1. The first-order valence-electron chi connectivity index (χ1n) is 12.2. The van der Waals surface area contributed by atoms with Crippen LogP contribution in [0.4, 0.5) is 16.2 Å². The normalized spacial score (nSPS) is 15.1. The zero-order chi connectivity index (χ0) is 26.7. The van der Waals surface area contributed by atoms with Crippen LogP contribution >= 0.6 is 11.6 Å². The predicted molar refractivity (Wildman–Crippen MR) is 145 cm³/mol. The van der Waals surface area contributed by atoms with Crippen LogP contribution in [0.5, 0.6) is 0 Å². The van der Waals surface area contributed by atoms with Gasteiger partial charge in [-0.3, -0.25) is 10.1 Å². The number of ether oxygens (including phenoxy) is 1. The fourth-order valence-corrected chi connectivity index (χ4v) is 6.06. The third kappa shape index (κ3) is 5.99. The Morgan fingerprint density at radius 1 is 0.947 bits per heavy atom. The minimum Gasteiger partial charge on any atom is -0.378 e. The molecule has 3 aromatic rings. The average Bonchev–Trinajstić information content (AvgIpc) is 3.37. The topological polar surface area (TPSA) is 117 Å². The van der Waals surface area contributed by atoms with E-state index in [0.717, 1.165) is 29.9 Å². The van der Waals surface area contributed by atoms with Crippen LogP contribution in [0.15, 0.2) is 65.6 Å². The molecule has 38 heavy (non-hydrogen) atoms. The molecular formula is C27H27ClN4O5S. The van der Waals surface area contributed by atoms with Crippen molar-refractivity contribution >= 4 is 44.8 Å². The minimum atomic E-state index is -3.58. The summed E-state index contributed by atoms with van der Waals surface area (Å²) in [7, 11) is -3.58. The first kappa shape index (κ1) is 26.2. The molecule has 2 aliphatic heterocycles. The zero-order valence-electron chi connectivity index (χ0n) is 20.5. The van der Waals surface area contributed by atoms with Crippen molar-refractivity contribution < 1.29 is 22.7 Å². The SMILES string of the molecule is O=C(NC(=O)c1cc(N2CCOCC2)ccc1Cl)Nc1ccc(S(=O)(=O)Cc2ccc3c(c2)CNC3)cc1. The molecule has 2 heterocycles. The highest BCUT2D eigenvalue weighted by atomic mass is 35.5. The van der Waals surface area contributed by atoms with Gasteiger partial charge in [0.2, 0.25) is 0 Å². The van der Waals surface area contributed by atoms with Crippen molar-refractivity contribution in [2.75, 3.05) is 36.5 Å². The Kier molecular flexibility index (Phi) is 7.66. The maximum atomic E-state index is 12.9. The van der Waals surface area contributed by atoms with Gasteiger partial charge >= 0.3 is 6.03 Å². The van der Waals surface area contributed by atoms with E-state index < -0.39 is 21.8 Å². The van der Waals surface area contributed by atoms with Crippen LogP contribution in [0.2, 0.25) is 5.02 Å². The number of nitrogens with one attached hydrogen (secondary N) is 3. The Morgan fingerprint density at radius 3 is 2.45 bits per heavy atom. The van der Waals surface area contributed by atoms with Crippen molar-refractivity contribution in [2.24, 2.45) is 0 Å². The first-order chi connectivity index (χ1) is 18.3. The second-order valence-corrected chi connectivity index (χ2v) is 11.6. The van der Waals surface area contributed by atoms with Gasteiger partial charge in [0.25, 0.3) is 5.91 Å². The molecule has 3 aromatic carbocycles. The number of imide groups is 1. The number of morpholine rings is 1. The van der Waals surface area contributed by atoms with Crippen molar-refractivity contribution in [1.29, 1.82) is 0 Å². The summed E-state index contributed by atoms with van der Waals surface area (Å²) < 4.78 is 31.2. The predicted octanol–water partition coefficient (Wildman–Crippen LogP) is 3.72. The molecule has 5 rings (SSSR count). The third-order valence-electron chi connectivity index (χ3n) is 6.53.